The van der Waals surface area contributed by atoms with Gasteiger partial charge in [0.25, 0.3) is 0 Å². The molecule has 0 spiro atoms. The molecule has 2 nitrogen and oxygen atoms in total. The summed E-state index contributed by atoms with van der Waals surface area (Å²) in [7, 11) is 3.87. The van der Waals surface area contributed by atoms with Crippen LogP contribution in [0.15, 0.2) is 42.5 Å². The van der Waals surface area contributed by atoms with Crippen LogP contribution in [-0.2, 0) is 19.6 Å². The van der Waals surface area contributed by atoms with Crippen molar-refractivity contribution < 1.29 is 4.39 Å². The van der Waals surface area contributed by atoms with Gasteiger partial charge in [-0.25, -0.2) is 4.39 Å². The highest BCUT2D eigenvalue weighted by Gasteiger charge is 2.07. The van der Waals surface area contributed by atoms with Gasteiger partial charge in [-0.1, -0.05) is 35.9 Å². The summed E-state index contributed by atoms with van der Waals surface area (Å²) in [6.07, 6.45) is 0. The lowest BCUT2D eigenvalue weighted by molar-refractivity contribution is 0.313. The number of benzene rings is 2. The van der Waals surface area contributed by atoms with E-state index in [2.05, 4.69) is 10.2 Å². The second kappa shape index (κ2) is 7.55. The summed E-state index contributed by atoms with van der Waals surface area (Å²) in [5.74, 6) is -0.155. The van der Waals surface area contributed by atoms with E-state index in [-0.39, 0.29) is 5.82 Å². The first-order valence-corrected chi connectivity index (χ1v) is 7.31. The normalized spacial score (nSPS) is 11.1. The fourth-order valence-electron chi connectivity index (χ4n) is 2.31. The van der Waals surface area contributed by atoms with Gasteiger partial charge in [0.2, 0.25) is 0 Å². The smallest absolute Gasteiger partial charge is 0.127 e. The van der Waals surface area contributed by atoms with Gasteiger partial charge < -0.3 is 5.32 Å². The fraction of sp³-hybridized carbons (Fsp3) is 0.294. The molecule has 0 saturated carbocycles. The Morgan fingerprint density at radius 1 is 1.05 bits per heavy atom. The van der Waals surface area contributed by atoms with Gasteiger partial charge in [-0.15, -0.1) is 0 Å². The predicted molar refractivity (Wildman–Crippen MR) is 85.8 cm³/mol. The lowest BCUT2D eigenvalue weighted by Crippen LogP contribution is -2.18. The molecule has 0 radical (unpaired) electrons. The standard InChI is InChI=1S/C17H20ClFN2/c1-20-10-14-5-8-17(19)15(9-14)12-21(2)11-13-3-6-16(18)7-4-13/h3-9,20H,10-12H2,1-2H3. The molecular weight excluding hydrogens is 287 g/mol. The second-order valence-corrected chi connectivity index (χ2v) is 5.69. The van der Waals surface area contributed by atoms with E-state index in [4.69, 9.17) is 11.6 Å². The maximum Gasteiger partial charge on any atom is 0.127 e. The molecule has 4 heteroatoms. The fourth-order valence-corrected chi connectivity index (χ4v) is 2.44. The highest BCUT2D eigenvalue weighted by atomic mass is 35.5. The molecule has 112 valence electrons. The summed E-state index contributed by atoms with van der Waals surface area (Å²) in [5.41, 5.74) is 2.97. The van der Waals surface area contributed by atoms with Gasteiger partial charge in [-0.05, 0) is 43.4 Å². The highest BCUT2D eigenvalue weighted by Crippen LogP contribution is 2.15. The Kier molecular flexibility index (Phi) is 5.74. The summed E-state index contributed by atoms with van der Waals surface area (Å²) < 4.78 is 13.9. The van der Waals surface area contributed by atoms with Crippen molar-refractivity contribution in [2.24, 2.45) is 0 Å². The van der Waals surface area contributed by atoms with Crippen molar-refractivity contribution in [3.05, 3.63) is 70.0 Å². The lowest BCUT2D eigenvalue weighted by atomic mass is 10.1. The Bertz CT molecular complexity index is 584. The number of hydrogen-bond acceptors (Lipinski definition) is 2. The van der Waals surface area contributed by atoms with Crippen molar-refractivity contribution in [3.63, 3.8) is 0 Å². The third-order valence-electron chi connectivity index (χ3n) is 3.30. The minimum Gasteiger partial charge on any atom is -0.316 e. The minimum atomic E-state index is -0.155. The van der Waals surface area contributed by atoms with Crippen LogP contribution in [0.3, 0.4) is 0 Å². The van der Waals surface area contributed by atoms with Crippen LogP contribution in [0.2, 0.25) is 5.02 Å². The third kappa shape index (κ3) is 4.81. The first-order chi connectivity index (χ1) is 10.1. The highest BCUT2D eigenvalue weighted by molar-refractivity contribution is 6.30. The lowest BCUT2D eigenvalue weighted by Gasteiger charge is -2.18. The zero-order chi connectivity index (χ0) is 15.2. The van der Waals surface area contributed by atoms with Crippen LogP contribution in [0.1, 0.15) is 16.7 Å². The molecule has 0 unspecified atom stereocenters. The summed E-state index contributed by atoms with van der Waals surface area (Å²) >= 11 is 5.88. The molecule has 0 heterocycles. The third-order valence-corrected chi connectivity index (χ3v) is 3.55. The van der Waals surface area contributed by atoms with E-state index < -0.39 is 0 Å². The average Bonchev–Trinajstić information content (AvgIpc) is 2.45. The largest absolute Gasteiger partial charge is 0.316 e. The monoisotopic (exact) mass is 306 g/mol. The number of halogens is 2. The molecule has 0 fully saturated rings. The zero-order valence-electron chi connectivity index (χ0n) is 12.4. The summed E-state index contributed by atoms with van der Waals surface area (Å²) in [5, 5.41) is 3.81. The number of rotatable bonds is 6. The molecule has 0 atom stereocenters. The van der Waals surface area contributed by atoms with Crippen LogP contribution in [0, 0.1) is 5.82 Å². The molecule has 0 aliphatic rings. The van der Waals surface area contributed by atoms with E-state index in [0.29, 0.717) is 6.54 Å². The molecule has 21 heavy (non-hydrogen) atoms. The van der Waals surface area contributed by atoms with E-state index in [9.17, 15) is 4.39 Å². The molecule has 0 saturated heterocycles. The molecule has 0 aliphatic carbocycles. The molecule has 2 rings (SSSR count). The Hall–Kier alpha value is -1.42. The summed E-state index contributed by atoms with van der Waals surface area (Å²) in [4.78, 5) is 2.09. The molecule has 0 aromatic heterocycles. The van der Waals surface area contributed by atoms with E-state index in [1.807, 2.05) is 50.5 Å². The Morgan fingerprint density at radius 2 is 1.71 bits per heavy atom. The molecule has 1 N–H and O–H groups in total. The molecule has 0 bridgehead atoms. The summed E-state index contributed by atoms with van der Waals surface area (Å²) in [6, 6.07) is 13.0. The van der Waals surface area contributed by atoms with E-state index >= 15 is 0 Å². The zero-order valence-corrected chi connectivity index (χ0v) is 13.1. The Morgan fingerprint density at radius 3 is 2.38 bits per heavy atom. The number of nitrogens with zero attached hydrogens (tertiary/aromatic N) is 1. The molecule has 2 aromatic rings. The van der Waals surface area contributed by atoms with Crippen LogP contribution < -0.4 is 5.32 Å². The SMILES string of the molecule is CNCc1ccc(F)c(CN(C)Cc2ccc(Cl)cc2)c1. The van der Waals surface area contributed by atoms with Gasteiger partial charge in [0.1, 0.15) is 5.82 Å². The molecule has 2 aromatic carbocycles. The van der Waals surface area contributed by atoms with Gasteiger partial charge in [0.15, 0.2) is 0 Å². The van der Waals surface area contributed by atoms with E-state index in [1.54, 1.807) is 0 Å². The van der Waals surface area contributed by atoms with Crippen molar-refractivity contribution >= 4 is 11.6 Å². The quantitative estimate of drug-likeness (QED) is 0.872. The van der Waals surface area contributed by atoms with Crippen LogP contribution in [0.4, 0.5) is 4.39 Å². The minimum absolute atomic E-state index is 0.155. The number of hydrogen-bond donors (Lipinski definition) is 1. The maximum atomic E-state index is 13.9. The van der Waals surface area contributed by atoms with Gasteiger partial charge in [0, 0.05) is 30.2 Å². The predicted octanol–water partition coefficient (Wildman–Crippen LogP) is 3.83. The van der Waals surface area contributed by atoms with Crippen molar-refractivity contribution in [1.29, 1.82) is 0 Å². The average molecular weight is 307 g/mol. The van der Waals surface area contributed by atoms with Gasteiger partial charge in [0.05, 0.1) is 0 Å². The second-order valence-electron chi connectivity index (χ2n) is 5.25. The molecular formula is C17H20ClFN2. The van der Waals surface area contributed by atoms with Crippen molar-refractivity contribution in [2.75, 3.05) is 14.1 Å². The van der Waals surface area contributed by atoms with E-state index in [0.717, 1.165) is 34.8 Å². The Labute approximate surface area is 130 Å². The molecule has 0 aliphatic heterocycles. The van der Waals surface area contributed by atoms with Gasteiger partial charge >= 0.3 is 0 Å². The van der Waals surface area contributed by atoms with Crippen LogP contribution in [0.5, 0.6) is 0 Å². The van der Waals surface area contributed by atoms with Crippen molar-refractivity contribution in [2.45, 2.75) is 19.6 Å². The summed E-state index contributed by atoms with van der Waals surface area (Å²) in [6.45, 7) is 2.08. The van der Waals surface area contributed by atoms with Crippen LogP contribution >= 0.6 is 11.6 Å². The maximum absolute atomic E-state index is 13.9. The Balaban J connectivity index is 2.03. The van der Waals surface area contributed by atoms with Gasteiger partial charge in [-0.2, -0.15) is 0 Å². The van der Waals surface area contributed by atoms with Crippen LogP contribution in [-0.4, -0.2) is 19.0 Å². The number of nitrogens with one attached hydrogen (secondary N) is 1. The first kappa shape index (κ1) is 16.0. The van der Waals surface area contributed by atoms with Gasteiger partial charge in [-0.3, -0.25) is 4.90 Å². The van der Waals surface area contributed by atoms with Crippen molar-refractivity contribution in [1.82, 2.24) is 10.2 Å². The topological polar surface area (TPSA) is 15.3 Å². The van der Waals surface area contributed by atoms with Crippen molar-refractivity contribution in [3.8, 4) is 0 Å². The molecule has 0 amide bonds. The first-order valence-electron chi connectivity index (χ1n) is 6.93. The van der Waals surface area contributed by atoms with Crippen LogP contribution in [0.25, 0.3) is 0 Å². The van der Waals surface area contributed by atoms with E-state index in [1.165, 1.54) is 6.07 Å².